The molecule has 1 amide bonds. The van der Waals surface area contributed by atoms with Gasteiger partial charge in [0, 0.05) is 36.6 Å². The van der Waals surface area contributed by atoms with Gasteiger partial charge < -0.3 is 4.90 Å². The fraction of sp³-hybridized carbons (Fsp3) is 0.500. The minimum absolute atomic E-state index is 0.106. The highest BCUT2D eigenvalue weighted by atomic mass is 16.2. The topological polar surface area (TPSA) is 50.2 Å². The lowest BCUT2D eigenvalue weighted by Gasteiger charge is -2.23. The molecular formula is C20H28N4O. The van der Waals surface area contributed by atoms with Crippen LogP contribution in [0.1, 0.15) is 48.6 Å². The van der Waals surface area contributed by atoms with Crippen LogP contribution >= 0.6 is 0 Å². The third-order valence-corrected chi connectivity index (χ3v) is 5.04. The molecule has 0 spiro atoms. The number of anilines is 1. The second-order valence-electron chi connectivity index (χ2n) is 7.10. The second-order valence-corrected chi connectivity index (χ2v) is 7.10. The molecule has 1 fully saturated rings. The van der Waals surface area contributed by atoms with Crippen molar-refractivity contribution in [2.24, 2.45) is 0 Å². The first-order chi connectivity index (χ1) is 11.9. The minimum Gasteiger partial charge on any atom is -0.310 e. The zero-order valence-corrected chi connectivity index (χ0v) is 15.8. The van der Waals surface area contributed by atoms with Crippen LogP contribution in [0.15, 0.2) is 24.5 Å². The normalized spacial score (nSPS) is 18.8. The predicted octanol–water partition coefficient (Wildman–Crippen LogP) is 3.28. The fourth-order valence-electron chi connectivity index (χ4n) is 3.83. The number of hydrogen-bond acceptors (Lipinski definition) is 3. The minimum atomic E-state index is -0.139. The van der Waals surface area contributed by atoms with E-state index in [-0.39, 0.29) is 18.0 Å². The van der Waals surface area contributed by atoms with E-state index in [9.17, 15) is 4.79 Å². The van der Waals surface area contributed by atoms with Gasteiger partial charge in [-0.25, -0.2) is 0 Å². The quantitative estimate of drug-likeness (QED) is 0.909. The van der Waals surface area contributed by atoms with Crippen molar-refractivity contribution < 1.29 is 4.79 Å². The summed E-state index contributed by atoms with van der Waals surface area (Å²) in [5.74, 6) is 0.171. The molecule has 1 N–H and O–H groups in total. The fourth-order valence-corrected chi connectivity index (χ4v) is 3.83. The van der Waals surface area contributed by atoms with Gasteiger partial charge in [-0.1, -0.05) is 17.7 Å². The first kappa shape index (κ1) is 17.7. The second kappa shape index (κ2) is 7.00. The van der Waals surface area contributed by atoms with Crippen molar-refractivity contribution in [3.05, 3.63) is 46.8 Å². The van der Waals surface area contributed by atoms with Crippen molar-refractivity contribution in [3.63, 3.8) is 0 Å². The lowest BCUT2D eigenvalue weighted by molar-refractivity contribution is -0.119. The molecule has 2 unspecified atom stereocenters. The molecule has 5 nitrogen and oxygen atoms in total. The van der Waals surface area contributed by atoms with Crippen molar-refractivity contribution in [1.82, 2.24) is 15.1 Å². The summed E-state index contributed by atoms with van der Waals surface area (Å²) >= 11 is 0. The molecular weight excluding hydrogens is 312 g/mol. The molecule has 0 saturated carbocycles. The number of nitrogens with one attached hydrogen (secondary N) is 1. The van der Waals surface area contributed by atoms with E-state index in [0.717, 1.165) is 30.8 Å². The highest BCUT2D eigenvalue weighted by molar-refractivity contribution is 6.00. The smallest absolute Gasteiger partial charge is 0.244 e. The Morgan fingerprint density at radius 3 is 2.56 bits per heavy atom. The van der Waals surface area contributed by atoms with Gasteiger partial charge in [0.25, 0.3) is 0 Å². The summed E-state index contributed by atoms with van der Waals surface area (Å²) in [6.07, 6.45) is 4.76. The van der Waals surface area contributed by atoms with Gasteiger partial charge >= 0.3 is 0 Å². The third-order valence-electron chi connectivity index (χ3n) is 5.04. The van der Waals surface area contributed by atoms with E-state index in [1.54, 1.807) is 0 Å². The Kier molecular flexibility index (Phi) is 4.95. The number of nitrogens with zero attached hydrogens (tertiary/aromatic N) is 3. The average molecular weight is 340 g/mol. The largest absolute Gasteiger partial charge is 0.310 e. The van der Waals surface area contributed by atoms with Gasteiger partial charge in [-0.05, 0) is 52.2 Å². The Bertz CT molecular complexity index is 757. The van der Waals surface area contributed by atoms with E-state index in [0.29, 0.717) is 0 Å². The van der Waals surface area contributed by atoms with Crippen molar-refractivity contribution in [2.75, 3.05) is 11.4 Å². The van der Waals surface area contributed by atoms with Crippen LogP contribution in [-0.4, -0.2) is 28.3 Å². The van der Waals surface area contributed by atoms with E-state index in [1.807, 2.05) is 22.0 Å². The van der Waals surface area contributed by atoms with Crippen LogP contribution in [0.3, 0.4) is 0 Å². The molecule has 0 radical (unpaired) electrons. The molecule has 1 aromatic carbocycles. The summed E-state index contributed by atoms with van der Waals surface area (Å²) in [5.41, 5.74) is 5.77. The molecule has 1 aliphatic rings. The molecule has 25 heavy (non-hydrogen) atoms. The summed E-state index contributed by atoms with van der Waals surface area (Å²) in [4.78, 5) is 14.9. The van der Waals surface area contributed by atoms with Crippen LogP contribution < -0.4 is 10.2 Å². The lowest BCUT2D eigenvalue weighted by Crippen LogP contribution is -2.39. The van der Waals surface area contributed by atoms with Gasteiger partial charge in [-0.2, -0.15) is 5.10 Å². The molecule has 1 aromatic heterocycles. The Morgan fingerprint density at radius 1 is 1.28 bits per heavy atom. The van der Waals surface area contributed by atoms with Gasteiger partial charge in [-0.15, -0.1) is 0 Å². The molecule has 5 heteroatoms. The van der Waals surface area contributed by atoms with Crippen LogP contribution in [0.4, 0.5) is 5.69 Å². The Morgan fingerprint density at radius 2 is 1.96 bits per heavy atom. The maximum atomic E-state index is 13.0. The molecule has 1 aliphatic heterocycles. The summed E-state index contributed by atoms with van der Waals surface area (Å²) in [6.45, 7) is 12.1. The molecule has 1 saturated heterocycles. The van der Waals surface area contributed by atoms with E-state index in [4.69, 9.17) is 0 Å². The third kappa shape index (κ3) is 3.47. The molecule has 134 valence electrons. The van der Waals surface area contributed by atoms with Crippen molar-refractivity contribution in [1.29, 1.82) is 0 Å². The van der Waals surface area contributed by atoms with E-state index < -0.39 is 0 Å². The standard InChI is InChI=1S/C20H28N4O/c1-6-23-12-17(11-21-23)16(5)22-18-7-8-24(20(18)25)19-14(3)9-13(2)10-15(19)4/h9-12,16,18,22H,6-8H2,1-5H3. The van der Waals surface area contributed by atoms with Gasteiger partial charge in [-0.3, -0.25) is 14.8 Å². The monoisotopic (exact) mass is 340 g/mol. The average Bonchev–Trinajstić information content (AvgIpc) is 3.16. The zero-order chi connectivity index (χ0) is 18.1. The highest BCUT2D eigenvalue weighted by Crippen LogP contribution is 2.30. The van der Waals surface area contributed by atoms with Gasteiger partial charge in [0.15, 0.2) is 0 Å². The summed E-state index contributed by atoms with van der Waals surface area (Å²) in [6, 6.07) is 4.27. The van der Waals surface area contributed by atoms with Crippen LogP contribution in [0.5, 0.6) is 0 Å². The Balaban J connectivity index is 1.74. The number of hydrogen-bond donors (Lipinski definition) is 1. The number of amides is 1. The van der Waals surface area contributed by atoms with Gasteiger partial charge in [0.1, 0.15) is 0 Å². The SMILES string of the molecule is CCn1cc(C(C)NC2CCN(c3c(C)cc(C)cc3C)C2=O)cn1. The summed E-state index contributed by atoms with van der Waals surface area (Å²) in [5, 5.41) is 7.81. The van der Waals surface area contributed by atoms with Crippen LogP contribution in [0, 0.1) is 20.8 Å². The number of aromatic nitrogens is 2. The van der Waals surface area contributed by atoms with E-state index >= 15 is 0 Å². The maximum absolute atomic E-state index is 13.0. The van der Waals surface area contributed by atoms with Gasteiger partial charge in [0.05, 0.1) is 12.2 Å². The van der Waals surface area contributed by atoms with Crippen LogP contribution in [-0.2, 0) is 11.3 Å². The lowest BCUT2D eigenvalue weighted by atomic mass is 10.0. The molecule has 2 atom stereocenters. The number of aryl methyl sites for hydroxylation is 4. The molecule has 0 aliphatic carbocycles. The molecule has 0 bridgehead atoms. The predicted molar refractivity (Wildman–Crippen MR) is 101 cm³/mol. The Hall–Kier alpha value is -2.14. The maximum Gasteiger partial charge on any atom is 0.244 e. The summed E-state index contributed by atoms with van der Waals surface area (Å²) in [7, 11) is 0. The molecule has 3 rings (SSSR count). The molecule has 2 aromatic rings. The van der Waals surface area contributed by atoms with Crippen LogP contribution in [0.25, 0.3) is 0 Å². The van der Waals surface area contributed by atoms with E-state index in [2.05, 4.69) is 57.2 Å². The first-order valence-electron chi connectivity index (χ1n) is 9.08. The van der Waals surface area contributed by atoms with Gasteiger partial charge in [0.2, 0.25) is 5.91 Å². The number of carbonyl (C=O) groups excluding carboxylic acids is 1. The van der Waals surface area contributed by atoms with E-state index in [1.165, 1.54) is 16.7 Å². The zero-order valence-electron chi connectivity index (χ0n) is 15.8. The Labute approximate surface area is 150 Å². The number of rotatable bonds is 5. The number of benzene rings is 1. The van der Waals surface area contributed by atoms with Crippen molar-refractivity contribution in [2.45, 2.75) is 59.7 Å². The number of carbonyl (C=O) groups is 1. The first-order valence-corrected chi connectivity index (χ1v) is 9.08. The summed E-state index contributed by atoms with van der Waals surface area (Å²) < 4.78 is 1.91. The molecule has 2 heterocycles. The van der Waals surface area contributed by atoms with Crippen molar-refractivity contribution >= 4 is 11.6 Å². The van der Waals surface area contributed by atoms with Crippen molar-refractivity contribution in [3.8, 4) is 0 Å². The highest BCUT2D eigenvalue weighted by Gasteiger charge is 2.34. The van der Waals surface area contributed by atoms with Crippen LogP contribution in [0.2, 0.25) is 0 Å².